The molecule has 0 aliphatic rings. The molecule has 0 aliphatic heterocycles. The second-order valence-corrected chi connectivity index (χ2v) is 3.50. The minimum absolute atomic E-state index is 0.188. The van der Waals surface area contributed by atoms with Gasteiger partial charge in [-0.25, -0.2) is 20.4 Å². The van der Waals surface area contributed by atoms with Crippen molar-refractivity contribution in [1.82, 2.24) is 10.9 Å². The smallest absolute Gasteiger partial charge is 0.426 e. The lowest BCUT2D eigenvalue weighted by Crippen LogP contribution is -2.43. The van der Waals surface area contributed by atoms with Gasteiger partial charge in [-0.15, -0.1) is 0 Å². The van der Waals surface area contributed by atoms with Crippen LogP contribution < -0.4 is 10.9 Å². The van der Waals surface area contributed by atoms with Crippen LogP contribution in [-0.2, 0) is 9.47 Å². The van der Waals surface area contributed by atoms with Crippen molar-refractivity contribution in [1.29, 1.82) is 0 Å². The Morgan fingerprint density at radius 3 is 1.50 bits per heavy atom. The van der Waals surface area contributed by atoms with Crippen LogP contribution in [-0.4, -0.2) is 24.4 Å². The van der Waals surface area contributed by atoms with Crippen molar-refractivity contribution in [3.63, 3.8) is 0 Å². The molecule has 2 atom stereocenters. The van der Waals surface area contributed by atoms with Gasteiger partial charge in [0.25, 0.3) is 0 Å². The number of rotatable bonds is 4. The molecular weight excluding hydrogens is 212 g/mol. The molecule has 16 heavy (non-hydrogen) atoms. The molecule has 94 valence electrons. The predicted molar refractivity (Wildman–Crippen MR) is 58.7 cm³/mol. The van der Waals surface area contributed by atoms with E-state index in [1.54, 1.807) is 13.8 Å². The standard InChI is InChI=1S/C10H20N2O4/c1-5-7(3)15-9(13)11-12-10(14)16-8(4)6-2/h7-8H,5-6H2,1-4H3,(H,11,13)(H,12,14). The minimum atomic E-state index is -0.699. The highest BCUT2D eigenvalue weighted by Crippen LogP contribution is 1.96. The molecule has 2 amide bonds. The average molecular weight is 232 g/mol. The number of hydrazine groups is 1. The lowest BCUT2D eigenvalue weighted by atomic mass is 10.3. The SMILES string of the molecule is CCC(C)OC(=O)NNC(=O)OC(C)CC. The Hall–Kier alpha value is -1.46. The van der Waals surface area contributed by atoms with Crippen molar-refractivity contribution < 1.29 is 19.1 Å². The fourth-order valence-corrected chi connectivity index (χ4v) is 0.693. The van der Waals surface area contributed by atoms with Crippen molar-refractivity contribution in [2.45, 2.75) is 52.7 Å². The van der Waals surface area contributed by atoms with Gasteiger partial charge in [-0.2, -0.15) is 0 Å². The van der Waals surface area contributed by atoms with Gasteiger partial charge in [-0.1, -0.05) is 13.8 Å². The first kappa shape index (κ1) is 14.5. The van der Waals surface area contributed by atoms with Crippen LogP contribution in [0.15, 0.2) is 0 Å². The Morgan fingerprint density at radius 2 is 1.25 bits per heavy atom. The summed E-state index contributed by atoms with van der Waals surface area (Å²) in [5, 5.41) is 0. The third-order valence-corrected chi connectivity index (χ3v) is 2.03. The van der Waals surface area contributed by atoms with E-state index in [1.807, 2.05) is 13.8 Å². The summed E-state index contributed by atoms with van der Waals surface area (Å²) in [6, 6.07) is 0. The van der Waals surface area contributed by atoms with Crippen LogP contribution >= 0.6 is 0 Å². The van der Waals surface area contributed by atoms with E-state index in [0.29, 0.717) is 12.8 Å². The third-order valence-electron chi connectivity index (χ3n) is 2.03. The quantitative estimate of drug-likeness (QED) is 0.726. The molecule has 0 fully saturated rings. The minimum Gasteiger partial charge on any atom is -0.445 e. The monoisotopic (exact) mass is 232 g/mol. The van der Waals surface area contributed by atoms with Crippen LogP contribution in [0.3, 0.4) is 0 Å². The zero-order chi connectivity index (χ0) is 12.6. The molecule has 0 saturated heterocycles. The molecule has 0 bridgehead atoms. The molecule has 0 aromatic carbocycles. The Balaban J connectivity index is 3.71. The summed E-state index contributed by atoms with van der Waals surface area (Å²) in [4.78, 5) is 22.1. The summed E-state index contributed by atoms with van der Waals surface area (Å²) >= 11 is 0. The van der Waals surface area contributed by atoms with Gasteiger partial charge in [-0.3, -0.25) is 0 Å². The average Bonchev–Trinajstić information content (AvgIpc) is 2.26. The highest BCUT2D eigenvalue weighted by atomic mass is 16.6. The molecule has 2 N–H and O–H groups in total. The van der Waals surface area contributed by atoms with Crippen molar-refractivity contribution in [3.8, 4) is 0 Å². The summed E-state index contributed by atoms with van der Waals surface area (Å²) in [6.07, 6.45) is -0.346. The highest BCUT2D eigenvalue weighted by Gasteiger charge is 2.10. The summed E-state index contributed by atoms with van der Waals surface area (Å²) in [5.41, 5.74) is 4.18. The number of nitrogens with one attached hydrogen (secondary N) is 2. The molecule has 0 rings (SSSR count). The van der Waals surface area contributed by atoms with Crippen molar-refractivity contribution in [3.05, 3.63) is 0 Å². The molecular formula is C10H20N2O4. The third kappa shape index (κ3) is 6.92. The normalized spacial score (nSPS) is 13.5. The Bertz CT molecular complexity index is 209. The molecule has 6 nitrogen and oxygen atoms in total. The predicted octanol–water partition coefficient (Wildman–Crippen LogP) is 1.95. The first-order valence-corrected chi connectivity index (χ1v) is 5.42. The van der Waals surface area contributed by atoms with Gasteiger partial charge < -0.3 is 9.47 Å². The van der Waals surface area contributed by atoms with Crippen LogP contribution in [0.5, 0.6) is 0 Å². The number of carbonyl (C=O) groups is 2. The molecule has 0 heterocycles. The van der Waals surface area contributed by atoms with E-state index in [0.717, 1.165) is 0 Å². The lowest BCUT2D eigenvalue weighted by molar-refractivity contribution is 0.0851. The zero-order valence-corrected chi connectivity index (χ0v) is 10.2. The molecule has 0 aromatic rings. The van der Waals surface area contributed by atoms with E-state index >= 15 is 0 Å². The molecule has 0 aromatic heterocycles. The second kappa shape index (κ2) is 7.78. The molecule has 0 radical (unpaired) electrons. The maximum Gasteiger partial charge on any atom is 0.426 e. The summed E-state index contributed by atoms with van der Waals surface area (Å²) in [6.45, 7) is 7.30. The van der Waals surface area contributed by atoms with Crippen LogP contribution in [0.2, 0.25) is 0 Å². The van der Waals surface area contributed by atoms with E-state index in [1.165, 1.54) is 0 Å². The number of ether oxygens (including phenoxy) is 2. The Labute approximate surface area is 95.6 Å². The molecule has 2 unspecified atom stereocenters. The fourth-order valence-electron chi connectivity index (χ4n) is 0.693. The van der Waals surface area contributed by atoms with Crippen molar-refractivity contribution in [2.24, 2.45) is 0 Å². The Kier molecular flexibility index (Phi) is 7.07. The maximum absolute atomic E-state index is 11.1. The van der Waals surface area contributed by atoms with Crippen LogP contribution in [0.4, 0.5) is 9.59 Å². The number of hydrogen-bond donors (Lipinski definition) is 2. The first-order valence-electron chi connectivity index (χ1n) is 5.42. The molecule has 0 saturated carbocycles. The first-order chi connectivity index (χ1) is 7.49. The van der Waals surface area contributed by atoms with E-state index < -0.39 is 12.2 Å². The van der Waals surface area contributed by atoms with Gasteiger partial charge in [0.05, 0.1) is 0 Å². The van der Waals surface area contributed by atoms with Gasteiger partial charge >= 0.3 is 12.2 Å². The Morgan fingerprint density at radius 1 is 0.938 bits per heavy atom. The van der Waals surface area contributed by atoms with Gasteiger partial charge in [-0.05, 0) is 26.7 Å². The van der Waals surface area contributed by atoms with Gasteiger partial charge in [0.1, 0.15) is 12.2 Å². The van der Waals surface area contributed by atoms with Gasteiger partial charge in [0.15, 0.2) is 0 Å². The molecule has 0 spiro atoms. The number of carbonyl (C=O) groups excluding carboxylic acids is 2. The van der Waals surface area contributed by atoms with Gasteiger partial charge in [0.2, 0.25) is 0 Å². The fraction of sp³-hybridized carbons (Fsp3) is 0.800. The van der Waals surface area contributed by atoms with E-state index in [-0.39, 0.29) is 12.2 Å². The molecule has 0 aliphatic carbocycles. The second-order valence-electron chi connectivity index (χ2n) is 3.50. The topological polar surface area (TPSA) is 76.7 Å². The van der Waals surface area contributed by atoms with E-state index in [2.05, 4.69) is 10.9 Å². The summed E-state index contributed by atoms with van der Waals surface area (Å²) < 4.78 is 9.72. The van der Waals surface area contributed by atoms with Crippen molar-refractivity contribution in [2.75, 3.05) is 0 Å². The summed E-state index contributed by atoms with van der Waals surface area (Å²) in [7, 11) is 0. The number of amides is 2. The lowest BCUT2D eigenvalue weighted by Gasteiger charge is -2.14. The zero-order valence-electron chi connectivity index (χ0n) is 10.2. The summed E-state index contributed by atoms with van der Waals surface area (Å²) in [5.74, 6) is 0. The van der Waals surface area contributed by atoms with Gasteiger partial charge in [0, 0.05) is 0 Å². The van der Waals surface area contributed by atoms with E-state index in [9.17, 15) is 9.59 Å². The number of hydrogen-bond acceptors (Lipinski definition) is 4. The van der Waals surface area contributed by atoms with Crippen LogP contribution in [0.1, 0.15) is 40.5 Å². The van der Waals surface area contributed by atoms with Crippen LogP contribution in [0, 0.1) is 0 Å². The van der Waals surface area contributed by atoms with Crippen LogP contribution in [0.25, 0.3) is 0 Å². The maximum atomic E-state index is 11.1. The molecule has 6 heteroatoms. The van der Waals surface area contributed by atoms with E-state index in [4.69, 9.17) is 9.47 Å². The largest absolute Gasteiger partial charge is 0.445 e. The van der Waals surface area contributed by atoms with Crippen molar-refractivity contribution >= 4 is 12.2 Å². The highest BCUT2D eigenvalue weighted by molar-refractivity contribution is 5.73.